The van der Waals surface area contributed by atoms with E-state index in [4.69, 9.17) is 16.6 Å². The van der Waals surface area contributed by atoms with Crippen LogP contribution in [0.15, 0.2) is 29.1 Å². The molecule has 2 atom stereocenters. The van der Waals surface area contributed by atoms with Gasteiger partial charge in [-0.25, -0.2) is 4.98 Å². The number of aryl methyl sites for hydroxylation is 1. The Labute approximate surface area is 169 Å². The van der Waals surface area contributed by atoms with E-state index in [-0.39, 0.29) is 11.6 Å². The second-order valence-electron chi connectivity index (χ2n) is 7.17. The van der Waals surface area contributed by atoms with Crippen LogP contribution in [0.5, 0.6) is 0 Å². The van der Waals surface area contributed by atoms with Crippen LogP contribution in [0.1, 0.15) is 55.1 Å². The summed E-state index contributed by atoms with van der Waals surface area (Å²) in [5.41, 5.74) is 2.15. The number of halogens is 1. The molecule has 0 spiro atoms. The van der Waals surface area contributed by atoms with E-state index in [0.717, 1.165) is 39.2 Å². The molecule has 0 bridgehead atoms. The quantitative estimate of drug-likeness (QED) is 0.556. The summed E-state index contributed by atoms with van der Waals surface area (Å²) in [7, 11) is 0. The fourth-order valence-electron chi connectivity index (χ4n) is 3.23. The molecular formula is C21H26ClN3OS. The van der Waals surface area contributed by atoms with Crippen molar-refractivity contribution < 1.29 is 0 Å². The van der Waals surface area contributed by atoms with Gasteiger partial charge < -0.3 is 10.3 Å². The Hall–Kier alpha value is -1.69. The van der Waals surface area contributed by atoms with Gasteiger partial charge in [-0.3, -0.25) is 4.79 Å². The van der Waals surface area contributed by atoms with Crippen molar-refractivity contribution >= 4 is 33.2 Å². The summed E-state index contributed by atoms with van der Waals surface area (Å²) >= 11 is 7.88. The standard InChI is InChI=1S/C21H26ClN3OS/c1-5-12(2)10-16-14(4)27-21-19(16)20(26)24-18(25-21)11-23-13(3)15-8-6-7-9-17(15)22/h6-9,12-13,23H,5,10-11H2,1-4H3,(H,24,25,26)/t12-,13-/m0/s1. The van der Waals surface area contributed by atoms with E-state index < -0.39 is 0 Å². The van der Waals surface area contributed by atoms with Gasteiger partial charge >= 0.3 is 0 Å². The predicted molar refractivity (Wildman–Crippen MR) is 115 cm³/mol. The van der Waals surface area contributed by atoms with Crippen molar-refractivity contribution in [3.63, 3.8) is 0 Å². The number of fused-ring (bicyclic) bond motifs is 1. The summed E-state index contributed by atoms with van der Waals surface area (Å²) in [5.74, 6) is 1.21. The third-order valence-corrected chi connectivity index (χ3v) is 6.49. The van der Waals surface area contributed by atoms with E-state index in [2.05, 4.69) is 38.0 Å². The molecule has 3 aromatic rings. The van der Waals surface area contributed by atoms with Crippen LogP contribution in [0.2, 0.25) is 5.02 Å². The molecule has 2 heterocycles. The zero-order chi connectivity index (χ0) is 19.6. The molecule has 0 amide bonds. The highest BCUT2D eigenvalue weighted by Crippen LogP contribution is 2.29. The largest absolute Gasteiger partial charge is 0.309 e. The maximum absolute atomic E-state index is 12.7. The number of H-pyrrole nitrogens is 1. The Balaban J connectivity index is 1.83. The van der Waals surface area contributed by atoms with Crippen LogP contribution in [0.4, 0.5) is 0 Å². The van der Waals surface area contributed by atoms with Gasteiger partial charge in [-0.2, -0.15) is 0 Å². The van der Waals surface area contributed by atoms with Gasteiger partial charge in [0.25, 0.3) is 5.56 Å². The number of rotatable bonds is 7. The molecule has 0 saturated heterocycles. The van der Waals surface area contributed by atoms with Crippen LogP contribution in [-0.2, 0) is 13.0 Å². The second-order valence-corrected chi connectivity index (χ2v) is 8.78. The smallest absolute Gasteiger partial charge is 0.259 e. The average Bonchev–Trinajstić information content (AvgIpc) is 2.95. The summed E-state index contributed by atoms with van der Waals surface area (Å²) in [5, 5.41) is 4.90. The highest BCUT2D eigenvalue weighted by atomic mass is 35.5. The monoisotopic (exact) mass is 403 g/mol. The van der Waals surface area contributed by atoms with Crippen molar-refractivity contribution in [2.45, 2.75) is 53.1 Å². The molecule has 144 valence electrons. The van der Waals surface area contributed by atoms with E-state index in [1.807, 2.05) is 24.3 Å². The van der Waals surface area contributed by atoms with E-state index in [1.165, 1.54) is 4.88 Å². The Morgan fingerprint density at radius 3 is 2.74 bits per heavy atom. The van der Waals surface area contributed by atoms with Gasteiger partial charge in [0, 0.05) is 15.9 Å². The maximum Gasteiger partial charge on any atom is 0.259 e. The van der Waals surface area contributed by atoms with Gasteiger partial charge in [-0.05, 0) is 43.4 Å². The normalized spacial score (nSPS) is 13.8. The molecule has 1 aromatic carbocycles. The second kappa shape index (κ2) is 8.55. The van der Waals surface area contributed by atoms with Crippen LogP contribution in [0, 0.1) is 12.8 Å². The van der Waals surface area contributed by atoms with Gasteiger partial charge in [-0.1, -0.05) is 50.1 Å². The number of benzene rings is 1. The molecule has 0 fully saturated rings. The summed E-state index contributed by atoms with van der Waals surface area (Å²) in [6.45, 7) is 9.02. The molecule has 2 N–H and O–H groups in total. The number of aromatic amines is 1. The predicted octanol–water partition coefficient (Wildman–Crippen LogP) is 5.39. The van der Waals surface area contributed by atoms with Crippen LogP contribution in [0.25, 0.3) is 10.2 Å². The van der Waals surface area contributed by atoms with Crippen molar-refractivity contribution in [2.75, 3.05) is 0 Å². The molecule has 3 rings (SSSR count). The number of nitrogens with zero attached hydrogens (tertiary/aromatic N) is 1. The Bertz CT molecular complexity index is 995. The van der Waals surface area contributed by atoms with Crippen LogP contribution >= 0.6 is 22.9 Å². The van der Waals surface area contributed by atoms with Gasteiger partial charge in [0.05, 0.1) is 11.9 Å². The SMILES string of the molecule is CC[C@H](C)Cc1c(C)sc2nc(CN[C@@H](C)c3ccccc3Cl)[nH]c(=O)c12. The van der Waals surface area contributed by atoms with Crippen LogP contribution in [-0.4, -0.2) is 9.97 Å². The molecule has 2 aromatic heterocycles. The summed E-state index contributed by atoms with van der Waals surface area (Å²) in [6, 6.07) is 7.84. The van der Waals surface area contributed by atoms with Crippen molar-refractivity contribution in [2.24, 2.45) is 5.92 Å². The van der Waals surface area contributed by atoms with Gasteiger partial charge in [-0.15, -0.1) is 11.3 Å². The zero-order valence-corrected chi connectivity index (χ0v) is 17.8. The van der Waals surface area contributed by atoms with Crippen molar-refractivity contribution in [1.82, 2.24) is 15.3 Å². The summed E-state index contributed by atoms with van der Waals surface area (Å²) in [4.78, 5) is 22.4. The van der Waals surface area contributed by atoms with Crippen molar-refractivity contribution in [3.8, 4) is 0 Å². The zero-order valence-electron chi connectivity index (χ0n) is 16.2. The first-order valence-corrected chi connectivity index (χ1v) is 10.6. The van der Waals surface area contributed by atoms with Gasteiger partial charge in [0.15, 0.2) is 0 Å². The number of aromatic nitrogens is 2. The lowest BCUT2D eigenvalue weighted by Gasteiger charge is -2.15. The first-order chi connectivity index (χ1) is 12.9. The molecule has 0 saturated carbocycles. The van der Waals surface area contributed by atoms with Gasteiger partial charge in [0.1, 0.15) is 10.7 Å². The molecule has 6 heteroatoms. The molecule has 0 aliphatic carbocycles. The third-order valence-electron chi connectivity index (χ3n) is 5.11. The highest BCUT2D eigenvalue weighted by Gasteiger charge is 2.17. The molecule has 0 unspecified atom stereocenters. The summed E-state index contributed by atoms with van der Waals surface area (Å²) < 4.78 is 0. The fourth-order valence-corrected chi connectivity index (χ4v) is 4.60. The Morgan fingerprint density at radius 1 is 1.30 bits per heavy atom. The lowest BCUT2D eigenvalue weighted by atomic mass is 9.98. The van der Waals surface area contributed by atoms with E-state index in [9.17, 15) is 4.79 Å². The summed E-state index contributed by atoms with van der Waals surface area (Å²) in [6.07, 6.45) is 2.03. The number of nitrogens with one attached hydrogen (secondary N) is 2. The molecule has 27 heavy (non-hydrogen) atoms. The fraction of sp³-hybridized carbons (Fsp3) is 0.429. The average molecular weight is 404 g/mol. The van der Waals surface area contributed by atoms with E-state index in [1.54, 1.807) is 11.3 Å². The molecular weight excluding hydrogens is 378 g/mol. The minimum absolute atomic E-state index is 0.0372. The molecule has 0 aliphatic rings. The Morgan fingerprint density at radius 2 is 2.04 bits per heavy atom. The van der Waals surface area contributed by atoms with Crippen molar-refractivity contribution in [1.29, 1.82) is 0 Å². The highest BCUT2D eigenvalue weighted by molar-refractivity contribution is 7.18. The Kier molecular flexibility index (Phi) is 6.35. The number of thiophene rings is 1. The number of hydrogen-bond acceptors (Lipinski definition) is 4. The van der Waals surface area contributed by atoms with Crippen LogP contribution < -0.4 is 10.9 Å². The van der Waals surface area contributed by atoms with Crippen LogP contribution in [0.3, 0.4) is 0 Å². The first kappa shape index (κ1) is 20.1. The topological polar surface area (TPSA) is 57.8 Å². The molecule has 0 radical (unpaired) electrons. The van der Waals surface area contributed by atoms with Crippen molar-refractivity contribution in [3.05, 3.63) is 61.5 Å². The maximum atomic E-state index is 12.7. The molecule has 4 nitrogen and oxygen atoms in total. The van der Waals surface area contributed by atoms with E-state index >= 15 is 0 Å². The van der Waals surface area contributed by atoms with Gasteiger partial charge in [0.2, 0.25) is 0 Å². The number of hydrogen-bond donors (Lipinski definition) is 2. The first-order valence-electron chi connectivity index (χ1n) is 9.39. The minimum Gasteiger partial charge on any atom is -0.309 e. The lowest BCUT2D eigenvalue weighted by molar-refractivity contribution is 0.558. The van der Waals surface area contributed by atoms with E-state index in [0.29, 0.717) is 18.3 Å². The lowest BCUT2D eigenvalue weighted by Crippen LogP contribution is -2.22. The minimum atomic E-state index is -0.0372. The third kappa shape index (κ3) is 4.42. The molecule has 0 aliphatic heterocycles.